The van der Waals surface area contributed by atoms with E-state index in [1.165, 1.54) is 12.1 Å². The lowest BCUT2D eigenvalue weighted by Crippen LogP contribution is -2.54. The molecule has 0 saturated carbocycles. The average Bonchev–Trinajstić information content (AvgIpc) is 3.28. The Hall–Kier alpha value is -2.93. The molecule has 3 rings (SSSR count). The standard InChI is InChI=1S/C27H36FN3O3/c1-27(2,3)24(29)25(32)31-16-7-10-23(31)18-30(17-15-20-11-13-22(28)14-12-20)26(33)34-19-21-8-5-4-6-9-21/h4-6,8-9,11-14,23-24H,7,10,15-19,29H2,1-3H3/t23-,24+/m0/s1. The summed E-state index contributed by atoms with van der Waals surface area (Å²) in [4.78, 5) is 29.7. The molecule has 0 bridgehead atoms. The van der Waals surface area contributed by atoms with Crippen LogP contribution >= 0.6 is 0 Å². The molecule has 34 heavy (non-hydrogen) atoms. The lowest BCUT2D eigenvalue weighted by molar-refractivity contribution is -0.136. The minimum atomic E-state index is -0.606. The van der Waals surface area contributed by atoms with Crippen LogP contribution in [0, 0.1) is 11.2 Å². The Morgan fingerprint density at radius 1 is 1.12 bits per heavy atom. The molecule has 0 aliphatic carbocycles. The Morgan fingerprint density at radius 2 is 1.79 bits per heavy atom. The number of hydrogen-bond acceptors (Lipinski definition) is 4. The van der Waals surface area contributed by atoms with E-state index in [9.17, 15) is 14.0 Å². The van der Waals surface area contributed by atoms with Crippen molar-refractivity contribution in [2.45, 2.75) is 58.7 Å². The number of carbonyl (C=O) groups excluding carboxylic acids is 2. The molecule has 2 aromatic rings. The van der Waals surface area contributed by atoms with Crippen LogP contribution in [0.3, 0.4) is 0 Å². The highest BCUT2D eigenvalue weighted by molar-refractivity contribution is 5.83. The van der Waals surface area contributed by atoms with Gasteiger partial charge in [-0.2, -0.15) is 0 Å². The number of ether oxygens (including phenoxy) is 1. The van der Waals surface area contributed by atoms with Gasteiger partial charge in [-0.05, 0) is 47.9 Å². The fourth-order valence-electron chi connectivity index (χ4n) is 4.10. The SMILES string of the molecule is CC(C)(C)[C@H](N)C(=O)N1CCC[C@H]1CN(CCc1ccc(F)cc1)C(=O)OCc1ccccc1. The molecule has 7 heteroatoms. The van der Waals surface area contributed by atoms with E-state index in [1.807, 2.05) is 56.0 Å². The van der Waals surface area contributed by atoms with Crippen LogP contribution in [-0.4, -0.2) is 53.5 Å². The summed E-state index contributed by atoms with van der Waals surface area (Å²) in [7, 11) is 0. The van der Waals surface area contributed by atoms with Gasteiger partial charge in [-0.25, -0.2) is 9.18 Å². The number of hydrogen-bond donors (Lipinski definition) is 1. The molecule has 0 aromatic heterocycles. The predicted molar refractivity (Wildman–Crippen MR) is 130 cm³/mol. The topological polar surface area (TPSA) is 75.9 Å². The number of nitrogens with zero attached hydrogens (tertiary/aromatic N) is 2. The van der Waals surface area contributed by atoms with Gasteiger partial charge in [0.05, 0.1) is 6.04 Å². The van der Waals surface area contributed by atoms with Gasteiger partial charge >= 0.3 is 6.09 Å². The summed E-state index contributed by atoms with van der Waals surface area (Å²) in [5.41, 5.74) is 7.75. The van der Waals surface area contributed by atoms with E-state index in [0.29, 0.717) is 26.1 Å². The maximum atomic E-state index is 13.3. The van der Waals surface area contributed by atoms with Crippen LogP contribution in [0.4, 0.5) is 9.18 Å². The molecule has 2 atom stereocenters. The maximum absolute atomic E-state index is 13.3. The molecule has 2 aromatic carbocycles. The molecule has 1 fully saturated rings. The van der Waals surface area contributed by atoms with E-state index in [-0.39, 0.29) is 29.8 Å². The molecule has 2 amide bonds. The van der Waals surface area contributed by atoms with E-state index < -0.39 is 12.1 Å². The van der Waals surface area contributed by atoms with E-state index in [2.05, 4.69) is 0 Å². The van der Waals surface area contributed by atoms with Crippen molar-refractivity contribution in [3.8, 4) is 0 Å². The molecular formula is C27H36FN3O3. The summed E-state index contributed by atoms with van der Waals surface area (Å²) in [6, 6.07) is 15.1. The fraction of sp³-hybridized carbons (Fsp3) is 0.481. The second kappa shape index (κ2) is 11.5. The number of nitrogens with two attached hydrogens (primary N) is 1. The van der Waals surface area contributed by atoms with E-state index in [4.69, 9.17) is 10.5 Å². The van der Waals surface area contributed by atoms with Crippen molar-refractivity contribution in [1.29, 1.82) is 0 Å². The molecule has 0 unspecified atom stereocenters. The summed E-state index contributed by atoms with van der Waals surface area (Å²) in [5, 5.41) is 0. The predicted octanol–water partition coefficient (Wildman–Crippen LogP) is 4.37. The molecule has 2 N–H and O–H groups in total. The van der Waals surface area contributed by atoms with Gasteiger partial charge in [-0.3, -0.25) is 4.79 Å². The number of halogens is 1. The first kappa shape index (κ1) is 25.7. The quantitative estimate of drug-likeness (QED) is 0.623. The van der Waals surface area contributed by atoms with Crippen LogP contribution in [0.25, 0.3) is 0 Å². The molecule has 1 saturated heterocycles. The van der Waals surface area contributed by atoms with Crippen LogP contribution < -0.4 is 5.73 Å². The summed E-state index contributed by atoms with van der Waals surface area (Å²) in [6.45, 7) is 7.46. The summed E-state index contributed by atoms with van der Waals surface area (Å²) < 4.78 is 18.9. The van der Waals surface area contributed by atoms with Crippen molar-refractivity contribution in [3.05, 3.63) is 71.5 Å². The summed E-state index contributed by atoms with van der Waals surface area (Å²) in [6.07, 6.45) is 1.81. The zero-order valence-corrected chi connectivity index (χ0v) is 20.4. The minimum Gasteiger partial charge on any atom is -0.445 e. The van der Waals surface area contributed by atoms with Crippen LogP contribution in [-0.2, 0) is 22.6 Å². The van der Waals surface area contributed by atoms with Gasteiger partial charge in [0.25, 0.3) is 0 Å². The number of rotatable bonds is 8. The lowest BCUT2D eigenvalue weighted by atomic mass is 9.86. The first-order chi connectivity index (χ1) is 16.1. The molecule has 0 spiro atoms. The van der Waals surface area contributed by atoms with Crippen molar-refractivity contribution in [1.82, 2.24) is 9.80 Å². The Labute approximate surface area is 201 Å². The molecule has 0 radical (unpaired) electrons. The minimum absolute atomic E-state index is 0.0777. The number of amides is 2. The molecule has 1 heterocycles. The fourth-order valence-corrected chi connectivity index (χ4v) is 4.10. The van der Waals surface area contributed by atoms with Gasteiger partial charge in [0.1, 0.15) is 12.4 Å². The van der Waals surface area contributed by atoms with Crippen LogP contribution in [0.2, 0.25) is 0 Å². The summed E-state index contributed by atoms with van der Waals surface area (Å²) in [5.74, 6) is -0.371. The van der Waals surface area contributed by atoms with Gasteiger partial charge in [0.15, 0.2) is 0 Å². The molecule has 6 nitrogen and oxygen atoms in total. The van der Waals surface area contributed by atoms with Gasteiger partial charge < -0.3 is 20.3 Å². The Bertz CT molecular complexity index is 944. The van der Waals surface area contributed by atoms with Gasteiger partial charge in [0.2, 0.25) is 5.91 Å². The smallest absolute Gasteiger partial charge is 0.410 e. The number of carbonyl (C=O) groups is 2. The highest BCUT2D eigenvalue weighted by atomic mass is 19.1. The van der Waals surface area contributed by atoms with Crippen molar-refractivity contribution in [2.75, 3.05) is 19.6 Å². The Kier molecular flexibility index (Phi) is 8.67. The van der Waals surface area contributed by atoms with Crippen molar-refractivity contribution >= 4 is 12.0 Å². The van der Waals surface area contributed by atoms with Gasteiger partial charge in [-0.1, -0.05) is 63.2 Å². The van der Waals surface area contributed by atoms with Crippen LogP contribution in [0.1, 0.15) is 44.7 Å². The zero-order chi connectivity index (χ0) is 24.7. The second-order valence-corrected chi connectivity index (χ2v) is 10.0. The van der Waals surface area contributed by atoms with Crippen LogP contribution in [0.5, 0.6) is 0 Å². The lowest BCUT2D eigenvalue weighted by Gasteiger charge is -2.35. The van der Waals surface area contributed by atoms with Crippen LogP contribution in [0.15, 0.2) is 54.6 Å². The molecule has 1 aliphatic rings. The van der Waals surface area contributed by atoms with Crippen molar-refractivity contribution in [2.24, 2.45) is 11.1 Å². The maximum Gasteiger partial charge on any atom is 0.410 e. The monoisotopic (exact) mass is 469 g/mol. The zero-order valence-electron chi connectivity index (χ0n) is 20.4. The normalized spacial score (nSPS) is 16.9. The van der Waals surface area contributed by atoms with Gasteiger partial charge in [0, 0.05) is 25.7 Å². The average molecular weight is 470 g/mol. The summed E-state index contributed by atoms with van der Waals surface area (Å²) >= 11 is 0. The number of likely N-dealkylation sites (tertiary alicyclic amines) is 1. The molecule has 1 aliphatic heterocycles. The Morgan fingerprint density at radius 3 is 2.44 bits per heavy atom. The van der Waals surface area contributed by atoms with Gasteiger partial charge in [-0.15, -0.1) is 0 Å². The second-order valence-electron chi connectivity index (χ2n) is 10.0. The largest absolute Gasteiger partial charge is 0.445 e. The molecular weight excluding hydrogens is 433 g/mol. The number of benzene rings is 2. The van der Waals surface area contributed by atoms with Crippen molar-refractivity contribution < 1.29 is 18.7 Å². The molecule has 184 valence electrons. The highest BCUT2D eigenvalue weighted by Crippen LogP contribution is 2.25. The third kappa shape index (κ3) is 7.03. The third-order valence-corrected chi connectivity index (χ3v) is 6.34. The third-order valence-electron chi connectivity index (χ3n) is 6.34. The first-order valence-corrected chi connectivity index (χ1v) is 11.9. The van der Waals surface area contributed by atoms with E-state index >= 15 is 0 Å². The van der Waals surface area contributed by atoms with E-state index in [1.54, 1.807) is 17.0 Å². The van der Waals surface area contributed by atoms with E-state index in [0.717, 1.165) is 24.0 Å². The first-order valence-electron chi connectivity index (χ1n) is 11.9. The Balaban J connectivity index is 1.70. The van der Waals surface area contributed by atoms with Crippen molar-refractivity contribution in [3.63, 3.8) is 0 Å². The highest BCUT2D eigenvalue weighted by Gasteiger charge is 2.37.